The van der Waals surface area contributed by atoms with Crippen LogP contribution in [0.5, 0.6) is 0 Å². The quantitative estimate of drug-likeness (QED) is 0.872. The second-order valence-electron chi connectivity index (χ2n) is 3.77. The summed E-state index contributed by atoms with van der Waals surface area (Å²) in [5.74, 6) is 0. The highest BCUT2D eigenvalue weighted by Crippen LogP contribution is 2.13. The number of sulfonamides is 1. The Kier molecular flexibility index (Phi) is 3.94. The lowest BCUT2D eigenvalue weighted by atomic mass is 10.2. The summed E-state index contributed by atoms with van der Waals surface area (Å²) >= 11 is 0. The van der Waals surface area contributed by atoms with Crippen LogP contribution in [-0.4, -0.2) is 24.7 Å². The van der Waals surface area contributed by atoms with Crippen molar-refractivity contribution in [3.05, 3.63) is 48.3 Å². The third kappa shape index (κ3) is 3.19. The average molecular weight is 276 g/mol. The molecule has 0 unspecified atom stereocenters. The lowest BCUT2D eigenvalue weighted by Gasteiger charge is -2.08. The van der Waals surface area contributed by atoms with E-state index in [1.807, 2.05) is 6.07 Å². The molecule has 0 saturated carbocycles. The van der Waals surface area contributed by atoms with Crippen molar-refractivity contribution in [1.29, 1.82) is 5.26 Å². The Hall–Kier alpha value is -2.17. The molecule has 0 aliphatic rings. The third-order valence-electron chi connectivity index (χ3n) is 2.49. The Morgan fingerprint density at radius 1 is 1.32 bits per heavy atom. The molecule has 0 spiro atoms. The van der Waals surface area contributed by atoms with Gasteiger partial charge < -0.3 is 0 Å². The second kappa shape index (κ2) is 5.65. The molecule has 0 radical (unpaired) electrons. The highest BCUT2D eigenvalue weighted by Gasteiger charge is 2.17. The van der Waals surface area contributed by atoms with Gasteiger partial charge in [0.1, 0.15) is 6.07 Å². The van der Waals surface area contributed by atoms with E-state index >= 15 is 0 Å². The molecule has 1 aromatic carbocycles. The van der Waals surface area contributed by atoms with Gasteiger partial charge in [0.25, 0.3) is 0 Å². The van der Waals surface area contributed by atoms with Crippen LogP contribution in [-0.2, 0) is 16.6 Å². The van der Waals surface area contributed by atoms with E-state index in [2.05, 4.69) is 9.82 Å². The van der Waals surface area contributed by atoms with Crippen molar-refractivity contribution in [1.82, 2.24) is 14.5 Å². The van der Waals surface area contributed by atoms with Gasteiger partial charge in [0, 0.05) is 18.9 Å². The van der Waals surface area contributed by atoms with Gasteiger partial charge in [-0.1, -0.05) is 12.1 Å². The summed E-state index contributed by atoms with van der Waals surface area (Å²) in [5, 5.41) is 12.9. The molecule has 98 valence electrons. The first kappa shape index (κ1) is 13.3. The molecule has 2 aromatic rings. The maximum Gasteiger partial charge on any atom is 0.241 e. The molecule has 1 aromatic heterocycles. The molecule has 0 fully saturated rings. The zero-order valence-corrected chi connectivity index (χ0v) is 10.8. The summed E-state index contributed by atoms with van der Waals surface area (Å²) in [4.78, 5) is -0.00188. The molecule has 2 rings (SSSR count). The van der Waals surface area contributed by atoms with Crippen LogP contribution in [0.1, 0.15) is 5.56 Å². The van der Waals surface area contributed by atoms with Gasteiger partial charge in [-0.25, -0.2) is 13.1 Å². The standard InChI is InChI=1S/C12H12N4O2S/c13-10-11-4-1-2-5-12(11)19(17,18)15-7-9-16-8-3-6-14-16/h1-6,8,15H,7,9H2. The van der Waals surface area contributed by atoms with Gasteiger partial charge >= 0.3 is 0 Å². The maximum atomic E-state index is 12.0. The van der Waals surface area contributed by atoms with Gasteiger partial charge in [-0.15, -0.1) is 0 Å². The predicted molar refractivity (Wildman–Crippen MR) is 68.6 cm³/mol. The minimum Gasteiger partial charge on any atom is -0.271 e. The topological polar surface area (TPSA) is 87.8 Å². The SMILES string of the molecule is N#Cc1ccccc1S(=O)(=O)NCCn1cccn1. The Morgan fingerprint density at radius 2 is 2.11 bits per heavy atom. The van der Waals surface area contributed by atoms with Gasteiger partial charge in [-0.3, -0.25) is 4.68 Å². The van der Waals surface area contributed by atoms with E-state index < -0.39 is 10.0 Å². The number of rotatable bonds is 5. The van der Waals surface area contributed by atoms with Crippen molar-refractivity contribution in [2.75, 3.05) is 6.54 Å². The predicted octanol–water partition coefficient (Wildman–Crippen LogP) is 0.733. The smallest absolute Gasteiger partial charge is 0.241 e. The van der Waals surface area contributed by atoms with Crippen LogP contribution in [0.15, 0.2) is 47.6 Å². The number of hydrogen-bond acceptors (Lipinski definition) is 4. The summed E-state index contributed by atoms with van der Waals surface area (Å²) < 4.78 is 28.2. The van der Waals surface area contributed by atoms with Crippen LogP contribution < -0.4 is 4.72 Å². The molecular formula is C12H12N4O2S. The Bertz CT molecular complexity index is 687. The highest BCUT2D eigenvalue weighted by atomic mass is 32.2. The minimum absolute atomic E-state index is 0.00188. The van der Waals surface area contributed by atoms with Crippen molar-refractivity contribution in [3.63, 3.8) is 0 Å². The minimum atomic E-state index is -3.67. The van der Waals surface area contributed by atoms with E-state index in [4.69, 9.17) is 5.26 Å². The summed E-state index contributed by atoms with van der Waals surface area (Å²) in [6, 6.07) is 9.73. The first-order valence-electron chi connectivity index (χ1n) is 5.60. The van der Waals surface area contributed by atoms with Crippen LogP contribution in [0.4, 0.5) is 0 Å². The fourth-order valence-corrected chi connectivity index (χ4v) is 2.77. The molecule has 0 aliphatic heterocycles. The number of aromatic nitrogens is 2. The van der Waals surface area contributed by atoms with Gasteiger partial charge in [0.15, 0.2) is 0 Å². The fraction of sp³-hybridized carbons (Fsp3) is 0.167. The van der Waals surface area contributed by atoms with E-state index in [1.165, 1.54) is 12.1 Å². The van der Waals surface area contributed by atoms with Gasteiger partial charge in [0.05, 0.1) is 17.0 Å². The van der Waals surface area contributed by atoms with Crippen LogP contribution in [0.25, 0.3) is 0 Å². The lowest BCUT2D eigenvalue weighted by Crippen LogP contribution is -2.28. The molecule has 7 heteroatoms. The van der Waals surface area contributed by atoms with Gasteiger partial charge in [0.2, 0.25) is 10.0 Å². The molecule has 6 nitrogen and oxygen atoms in total. The Morgan fingerprint density at radius 3 is 2.79 bits per heavy atom. The zero-order valence-electron chi connectivity index (χ0n) is 10.0. The molecule has 1 heterocycles. The van der Waals surface area contributed by atoms with Crippen molar-refractivity contribution in [2.45, 2.75) is 11.4 Å². The number of nitrogens with zero attached hydrogens (tertiary/aromatic N) is 3. The summed E-state index contributed by atoms with van der Waals surface area (Å²) in [6.45, 7) is 0.644. The molecule has 19 heavy (non-hydrogen) atoms. The van der Waals surface area contributed by atoms with Crippen molar-refractivity contribution >= 4 is 10.0 Å². The monoisotopic (exact) mass is 276 g/mol. The molecular weight excluding hydrogens is 264 g/mol. The second-order valence-corrected chi connectivity index (χ2v) is 5.51. The number of hydrogen-bond donors (Lipinski definition) is 1. The van der Waals surface area contributed by atoms with Gasteiger partial charge in [-0.05, 0) is 18.2 Å². The molecule has 0 bridgehead atoms. The fourth-order valence-electron chi connectivity index (χ4n) is 1.60. The van der Waals surface area contributed by atoms with Gasteiger partial charge in [-0.2, -0.15) is 10.4 Å². The number of nitriles is 1. The summed E-state index contributed by atoms with van der Waals surface area (Å²) in [5.41, 5.74) is 0.133. The Balaban J connectivity index is 2.08. The normalized spacial score (nSPS) is 11.1. The average Bonchev–Trinajstić information content (AvgIpc) is 2.91. The molecule has 0 amide bonds. The van der Waals surface area contributed by atoms with E-state index in [9.17, 15) is 8.42 Å². The van der Waals surface area contributed by atoms with Crippen molar-refractivity contribution < 1.29 is 8.42 Å². The first-order chi connectivity index (χ1) is 9.13. The van der Waals surface area contributed by atoms with Crippen LogP contribution in [0.3, 0.4) is 0 Å². The largest absolute Gasteiger partial charge is 0.271 e. The Labute approximate surface area is 111 Å². The van der Waals surface area contributed by atoms with E-state index in [-0.39, 0.29) is 17.0 Å². The first-order valence-corrected chi connectivity index (χ1v) is 7.08. The van der Waals surface area contributed by atoms with Crippen molar-refractivity contribution in [2.24, 2.45) is 0 Å². The van der Waals surface area contributed by atoms with E-state index in [0.717, 1.165) is 0 Å². The summed E-state index contributed by atoms with van der Waals surface area (Å²) in [6.07, 6.45) is 3.37. The molecule has 0 saturated heterocycles. The number of nitrogens with one attached hydrogen (secondary N) is 1. The molecule has 0 atom stereocenters. The van der Waals surface area contributed by atoms with E-state index in [0.29, 0.717) is 6.54 Å². The van der Waals surface area contributed by atoms with Crippen LogP contribution in [0, 0.1) is 11.3 Å². The van der Waals surface area contributed by atoms with E-state index in [1.54, 1.807) is 35.3 Å². The van der Waals surface area contributed by atoms with Crippen LogP contribution >= 0.6 is 0 Å². The maximum absolute atomic E-state index is 12.0. The van der Waals surface area contributed by atoms with Crippen molar-refractivity contribution in [3.8, 4) is 6.07 Å². The number of benzene rings is 1. The highest BCUT2D eigenvalue weighted by molar-refractivity contribution is 7.89. The third-order valence-corrected chi connectivity index (χ3v) is 4.01. The zero-order chi connectivity index (χ0) is 13.7. The van der Waals surface area contributed by atoms with Crippen LogP contribution in [0.2, 0.25) is 0 Å². The summed E-state index contributed by atoms with van der Waals surface area (Å²) in [7, 11) is -3.67. The molecule has 1 N–H and O–H groups in total. The lowest BCUT2D eigenvalue weighted by molar-refractivity contribution is 0.560. The molecule has 0 aliphatic carbocycles.